The van der Waals surface area contributed by atoms with Crippen molar-refractivity contribution in [2.24, 2.45) is 5.92 Å². The first-order valence-electron chi connectivity index (χ1n) is 5.42. The zero-order valence-corrected chi connectivity index (χ0v) is 10.4. The standard InChI is InChI=1S/C10H16N2O4S/c1-6(2-3-8(13)14)4-11-9(15)7-5-17-10(16)12-7/h6-7H,2-5H2,1H3,(H,11,15)(H,12,16)(H,13,14). The van der Waals surface area contributed by atoms with E-state index in [9.17, 15) is 14.4 Å². The third kappa shape index (κ3) is 5.08. The van der Waals surface area contributed by atoms with E-state index in [2.05, 4.69) is 10.6 Å². The molecule has 2 amide bonds. The van der Waals surface area contributed by atoms with Crippen LogP contribution in [0.3, 0.4) is 0 Å². The topological polar surface area (TPSA) is 95.5 Å². The molecule has 0 aromatic heterocycles. The Balaban J connectivity index is 2.19. The number of carboxylic acid groups (broad SMARTS) is 1. The van der Waals surface area contributed by atoms with E-state index in [0.717, 1.165) is 11.8 Å². The molecule has 6 nitrogen and oxygen atoms in total. The summed E-state index contributed by atoms with van der Waals surface area (Å²) in [5.41, 5.74) is 0. The molecule has 1 rings (SSSR count). The van der Waals surface area contributed by atoms with E-state index in [-0.39, 0.29) is 23.5 Å². The maximum atomic E-state index is 11.6. The first-order chi connectivity index (χ1) is 7.99. The fourth-order valence-corrected chi connectivity index (χ4v) is 2.17. The summed E-state index contributed by atoms with van der Waals surface area (Å²) in [7, 11) is 0. The largest absolute Gasteiger partial charge is 0.481 e. The van der Waals surface area contributed by atoms with Gasteiger partial charge in [-0.15, -0.1) is 0 Å². The van der Waals surface area contributed by atoms with Gasteiger partial charge in [0.2, 0.25) is 5.91 Å². The zero-order valence-electron chi connectivity index (χ0n) is 9.56. The zero-order chi connectivity index (χ0) is 12.8. The molecule has 7 heteroatoms. The Kier molecular flexibility index (Phi) is 5.27. The summed E-state index contributed by atoms with van der Waals surface area (Å²) in [6, 6.07) is -0.459. The van der Waals surface area contributed by atoms with Gasteiger partial charge in [-0.2, -0.15) is 0 Å². The van der Waals surface area contributed by atoms with Crippen LogP contribution in [0.5, 0.6) is 0 Å². The highest BCUT2D eigenvalue weighted by Crippen LogP contribution is 2.13. The molecular weight excluding hydrogens is 244 g/mol. The van der Waals surface area contributed by atoms with Crippen LogP contribution in [0.4, 0.5) is 4.79 Å². The molecule has 1 aliphatic rings. The van der Waals surface area contributed by atoms with Gasteiger partial charge in [0.15, 0.2) is 0 Å². The van der Waals surface area contributed by atoms with E-state index in [1.807, 2.05) is 6.92 Å². The lowest BCUT2D eigenvalue weighted by molar-refractivity contribution is -0.137. The Hall–Kier alpha value is -1.24. The second-order valence-electron chi connectivity index (χ2n) is 4.08. The maximum absolute atomic E-state index is 11.6. The minimum Gasteiger partial charge on any atom is -0.481 e. The van der Waals surface area contributed by atoms with E-state index in [1.165, 1.54) is 0 Å². The molecule has 0 aliphatic carbocycles. The molecule has 96 valence electrons. The summed E-state index contributed by atoms with van der Waals surface area (Å²) in [6.45, 7) is 2.31. The van der Waals surface area contributed by atoms with E-state index in [0.29, 0.717) is 18.7 Å². The third-order valence-electron chi connectivity index (χ3n) is 2.47. The molecule has 1 saturated heterocycles. The predicted molar refractivity (Wildman–Crippen MR) is 63.8 cm³/mol. The molecule has 0 aromatic carbocycles. The van der Waals surface area contributed by atoms with Crippen molar-refractivity contribution in [2.75, 3.05) is 12.3 Å². The summed E-state index contributed by atoms with van der Waals surface area (Å²) in [5.74, 6) is -0.471. The molecule has 1 fully saturated rings. The second kappa shape index (κ2) is 6.48. The number of rotatable bonds is 6. The van der Waals surface area contributed by atoms with Crippen LogP contribution in [0.2, 0.25) is 0 Å². The summed E-state index contributed by atoms with van der Waals surface area (Å²) in [4.78, 5) is 32.8. The number of carbonyl (C=O) groups is 3. The average Bonchev–Trinajstić information content (AvgIpc) is 2.70. The normalized spacial score (nSPS) is 20.8. The van der Waals surface area contributed by atoms with Crippen LogP contribution in [0.1, 0.15) is 19.8 Å². The molecule has 0 saturated carbocycles. The number of hydrogen-bond acceptors (Lipinski definition) is 4. The molecule has 0 radical (unpaired) electrons. The lowest BCUT2D eigenvalue weighted by Crippen LogP contribution is -2.44. The van der Waals surface area contributed by atoms with Crippen molar-refractivity contribution in [3.05, 3.63) is 0 Å². The highest BCUT2D eigenvalue weighted by molar-refractivity contribution is 8.14. The SMILES string of the molecule is CC(CCC(=O)O)CNC(=O)C1CSC(=O)N1. The highest BCUT2D eigenvalue weighted by atomic mass is 32.2. The predicted octanol–water partition coefficient (Wildman–Crippen LogP) is 0.428. The molecule has 0 spiro atoms. The van der Waals surface area contributed by atoms with Gasteiger partial charge in [0.05, 0.1) is 0 Å². The van der Waals surface area contributed by atoms with Crippen LogP contribution in [0.15, 0.2) is 0 Å². The first-order valence-corrected chi connectivity index (χ1v) is 6.40. The summed E-state index contributed by atoms with van der Waals surface area (Å²) in [6.07, 6.45) is 0.633. The lowest BCUT2D eigenvalue weighted by atomic mass is 10.1. The van der Waals surface area contributed by atoms with Gasteiger partial charge < -0.3 is 15.7 Å². The van der Waals surface area contributed by atoms with Gasteiger partial charge in [0.1, 0.15) is 6.04 Å². The van der Waals surface area contributed by atoms with Crippen molar-refractivity contribution >= 4 is 28.9 Å². The van der Waals surface area contributed by atoms with Gasteiger partial charge in [-0.1, -0.05) is 18.7 Å². The number of aliphatic carboxylic acids is 1. The van der Waals surface area contributed by atoms with Gasteiger partial charge in [-0.3, -0.25) is 14.4 Å². The Bertz CT molecular complexity index is 321. The smallest absolute Gasteiger partial charge is 0.303 e. The van der Waals surface area contributed by atoms with Crippen LogP contribution in [-0.4, -0.2) is 40.6 Å². The quantitative estimate of drug-likeness (QED) is 0.643. The third-order valence-corrected chi connectivity index (χ3v) is 3.35. The molecule has 0 bridgehead atoms. The van der Waals surface area contributed by atoms with Crippen LogP contribution in [-0.2, 0) is 9.59 Å². The Morgan fingerprint density at radius 2 is 2.35 bits per heavy atom. The van der Waals surface area contributed by atoms with Gasteiger partial charge in [-0.05, 0) is 12.3 Å². The van der Waals surface area contributed by atoms with Gasteiger partial charge in [0.25, 0.3) is 5.24 Å². The van der Waals surface area contributed by atoms with Crippen molar-refractivity contribution in [1.29, 1.82) is 0 Å². The van der Waals surface area contributed by atoms with E-state index >= 15 is 0 Å². The van der Waals surface area contributed by atoms with Gasteiger partial charge in [0, 0.05) is 18.7 Å². The van der Waals surface area contributed by atoms with Crippen molar-refractivity contribution in [1.82, 2.24) is 10.6 Å². The summed E-state index contributed by atoms with van der Waals surface area (Å²) in [5, 5.41) is 13.6. The monoisotopic (exact) mass is 260 g/mol. The Labute approximate surface area is 104 Å². The minimum atomic E-state index is -0.831. The molecule has 0 aromatic rings. The molecule has 3 N–H and O–H groups in total. The van der Waals surface area contributed by atoms with Crippen LogP contribution in [0, 0.1) is 5.92 Å². The van der Waals surface area contributed by atoms with Gasteiger partial charge in [-0.25, -0.2) is 0 Å². The van der Waals surface area contributed by atoms with Crippen LogP contribution < -0.4 is 10.6 Å². The van der Waals surface area contributed by atoms with E-state index < -0.39 is 12.0 Å². The molecule has 1 aliphatic heterocycles. The summed E-state index contributed by atoms with van der Waals surface area (Å²) < 4.78 is 0. The molecule has 2 atom stereocenters. The fraction of sp³-hybridized carbons (Fsp3) is 0.700. The van der Waals surface area contributed by atoms with Crippen molar-refractivity contribution in [3.8, 4) is 0 Å². The summed E-state index contributed by atoms with van der Waals surface area (Å²) >= 11 is 1.09. The molecule has 2 unspecified atom stereocenters. The number of carbonyl (C=O) groups excluding carboxylic acids is 2. The molecular formula is C10H16N2O4S. The maximum Gasteiger partial charge on any atom is 0.303 e. The van der Waals surface area contributed by atoms with Crippen molar-refractivity contribution in [3.63, 3.8) is 0 Å². The molecule has 1 heterocycles. The number of nitrogens with one attached hydrogen (secondary N) is 2. The number of thioether (sulfide) groups is 1. The van der Waals surface area contributed by atoms with E-state index in [4.69, 9.17) is 5.11 Å². The number of amides is 2. The highest BCUT2D eigenvalue weighted by Gasteiger charge is 2.27. The minimum absolute atomic E-state index is 0.104. The number of hydrogen-bond donors (Lipinski definition) is 3. The first kappa shape index (κ1) is 13.8. The lowest BCUT2D eigenvalue weighted by Gasteiger charge is -2.14. The fourth-order valence-electron chi connectivity index (χ4n) is 1.40. The average molecular weight is 260 g/mol. The Morgan fingerprint density at radius 3 is 2.88 bits per heavy atom. The van der Waals surface area contributed by atoms with Crippen molar-refractivity contribution in [2.45, 2.75) is 25.8 Å². The van der Waals surface area contributed by atoms with Crippen LogP contribution in [0.25, 0.3) is 0 Å². The Morgan fingerprint density at radius 1 is 1.65 bits per heavy atom. The van der Waals surface area contributed by atoms with E-state index in [1.54, 1.807) is 0 Å². The van der Waals surface area contributed by atoms with Gasteiger partial charge >= 0.3 is 5.97 Å². The number of carboxylic acids is 1. The van der Waals surface area contributed by atoms with Crippen LogP contribution >= 0.6 is 11.8 Å². The molecule has 17 heavy (non-hydrogen) atoms. The van der Waals surface area contributed by atoms with Crippen molar-refractivity contribution < 1.29 is 19.5 Å². The second-order valence-corrected chi connectivity index (χ2v) is 5.07.